The molecule has 0 radical (unpaired) electrons. The molecule has 1 atom stereocenters. The van der Waals surface area contributed by atoms with E-state index < -0.39 is 11.6 Å². The van der Waals surface area contributed by atoms with E-state index in [2.05, 4.69) is 10.6 Å². The van der Waals surface area contributed by atoms with Crippen LogP contribution in [0.2, 0.25) is 0 Å². The molecule has 2 rings (SSSR count). The molecule has 0 aromatic heterocycles. The second kappa shape index (κ2) is 4.96. The minimum atomic E-state index is -0.836. The van der Waals surface area contributed by atoms with Gasteiger partial charge in [0.05, 0.1) is 6.04 Å². The summed E-state index contributed by atoms with van der Waals surface area (Å²) >= 11 is 5.12. The van der Waals surface area contributed by atoms with Gasteiger partial charge in [-0.2, -0.15) is 0 Å². The highest BCUT2D eigenvalue weighted by atomic mass is 32.1. The first-order valence-electron chi connectivity index (χ1n) is 5.58. The number of nitrogens with one attached hydrogen (secondary N) is 2. The van der Waals surface area contributed by atoms with Crippen molar-refractivity contribution in [1.29, 1.82) is 0 Å². The number of halogens is 2. The largest absolute Gasteiger partial charge is 0.360 e. The number of hydrogen-bond acceptors (Lipinski definition) is 1. The fourth-order valence-corrected chi connectivity index (χ4v) is 1.86. The van der Waals surface area contributed by atoms with Crippen molar-refractivity contribution in [2.24, 2.45) is 0 Å². The summed E-state index contributed by atoms with van der Waals surface area (Å²) in [5.74, 6) is -1.67. The molecule has 2 nitrogen and oxygen atoms in total. The van der Waals surface area contributed by atoms with Crippen LogP contribution in [0, 0.1) is 11.6 Å². The van der Waals surface area contributed by atoms with Gasteiger partial charge in [0.25, 0.3) is 0 Å². The Morgan fingerprint density at radius 1 is 1.35 bits per heavy atom. The van der Waals surface area contributed by atoms with Crippen molar-refractivity contribution < 1.29 is 8.78 Å². The molecule has 1 fully saturated rings. The molecule has 0 spiro atoms. The Balaban J connectivity index is 1.95. The number of rotatable bonds is 3. The molecule has 2 N–H and O–H groups in total. The monoisotopic (exact) mass is 256 g/mol. The quantitative estimate of drug-likeness (QED) is 0.813. The van der Waals surface area contributed by atoms with Gasteiger partial charge in [-0.05, 0) is 49.7 Å². The van der Waals surface area contributed by atoms with Gasteiger partial charge in [0.1, 0.15) is 0 Å². The van der Waals surface area contributed by atoms with E-state index in [9.17, 15) is 8.78 Å². The van der Waals surface area contributed by atoms with Gasteiger partial charge >= 0.3 is 0 Å². The predicted octanol–water partition coefficient (Wildman–Crippen LogP) is 2.65. The van der Waals surface area contributed by atoms with Crippen LogP contribution in [0.5, 0.6) is 0 Å². The molecule has 1 aliphatic rings. The molecule has 17 heavy (non-hydrogen) atoms. The minimum absolute atomic E-state index is 0.149. The molecule has 0 unspecified atom stereocenters. The van der Waals surface area contributed by atoms with Crippen LogP contribution < -0.4 is 10.6 Å². The van der Waals surface area contributed by atoms with Crippen molar-refractivity contribution in [2.45, 2.75) is 31.8 Å². The Hall–Kier alpha value is -1.23. The van der Waals surface area contributed by atoms with E-state index in [4.69, 9.17) is 12.2 Å². The first kappa shape index (κ1) is 12.2. The Kier molecular flexibility index (Phi) is 3.57. The Morgan fingerprint density at radius 2 is 2.06 bits per heavy atom. The van der Waals surface area contributed by atoms with Gasteiger partial charge < -0.3 is 10.6 Å². The molecular formula is C12H14F2N2S. The Bertz CT molecular complexity index is 433. The van der Waals surface area contributed by atoms with Gasteiger partial charge in [-0.15, -0.1) is 0 Å². The van der Waals surface area contributed by atoms with E-state index in [1.54, 1.807) is 6.07 Å². The molecule has 1 aromatic carbocycles. The second-order valence-corrected chi connectivity index (χ2v) is 4.70. The molecule has 0 amide bonds. The molecule has 5 heteroatoms. The highest BCUT2D eigenvalue weighted by Gasteiger charge is 2.22. The summed E-state index contributed by atoms with van der Waals surface area (Å²) < 4.78 is 25.8. The zero-order chi connectivity index (χ0) is 12.4. The van der Waals surface area contributed by atoms with Gasteiger partial charge in [0.15, 0.2) is 16.7 Å². The van der Waals surface area contributed by atoms with E-state index in [0.717, 1.165) is 18.9 Å². The number of thiocarbonyl (C=S) groups is 1. The zero-order valence-corrected chi connectivity index (χ0v) is 10.3. The third kappa shape index (κ3) is 3.36. The fraction of sp³-hybridized carbons (Fsp3) is 0.417. The maximum absolute atomic E-state index is 13.0. The summed E-state index contributed by atoms with van der Waals surface area (Å²) in [6.45, 7) is 1.85. The zero-order valence-electron chi connectivity index (χ0n) is 9.47. The molecule has 1 saturated carbocycles. The average Bonchev–Trinajstić information content (AvgIpc) is 3.05. The van der Waals surface area contributed by atoms with Crippen LogP contribution in [0.15, 0.2) is 18.2 Å². The lowest BCUT2D eigenvalue weighted by molar-refractivity contribution is 0.505. The minimum Gasteiger partial charge on any atom is -0.360 e. The average molecular weight is 256 g/mol. The Labute approximate surface area is 104 Å². The lowest BCUT2D eigenvalue weighted by Gasteiger charge is -2.17. The second-order valence-electron chi connectivity index (χ2n) is 4.29. The van der Waals surface area contributed by atoms with E-state index in [1.807, 2.05) is 6.92 Å². The summed E-state index contributed by atoms with van der Waals surface area (Å²) in [7, 11) is 0. The van der Waals surface area contributed by atoms with Crippen molar-refractivity contribution in [2.75, 3.05) is 0 Å². The molecular weight excluding hydrogens is 242 g/mol. The predicted molar refractivity (Wildman–Crippen MR) is 66.7 cm³/mol. The Morgan fingerprint density at radius 3 is 2.65 bits per heavy atom. The van der Waals surface area contributed by atoms with Crippen molar-refractivity contribution in [1.82, 2.24) is 10.6 Å². The highest BCUT2D eigenvalue weighted by molar-refractivity contribution is 7.80. The highest BCUT2D eigenvalue weighted by Crippen LogP contribution is 2.19. The van der Waals surface area contributed by atoms with Crippen LogP contribution >= 0.6 is 12.2 Å². The maximum atomic E-state index is 13.0. The fourth-order valence-electron chi connectivity index (χ4n) is 1.52. The van der Waals surface area contributed by atoms with E-state index in [-0.39, 0.29) is 6.04 Å². The molecule has 0 saturated heterocycles. The first-order chi connectivity index (χ1) is 8.06. The third-order valence-corrected chi connectivity index (χ3v) is 2.94. The SMILES string of the molecule is C[C@@H](NC(=S)NC1CC1)c1ccc(F)c(F)c1. The summed E-state index contributed by atoms with van der Waals surface area (Å²) in [6.07, 6.45) is 2.28. The first-order valence-corrected chi connectivity index (χ1v) is 5.99. The molecule has 0 heterocycles. The maximum Gasteiger partial charge on any atom is 0.166 e. The standard InChI is InChI=1S/C12H14F2N2S/c1-7(15-12(17)16-9-3-4-9)8-2-5-10(13)11(14)6-8/h2,5-7,9H,3-4H2,1H3,(H2,15,16,17)/t7-/m1/s1. The van der Waals surface area contributed by atoms with Gasteiger partial charge in [-0.25, -0.2) is 8.78 Å². The number of hydrogen-bond donors (Lipinski definition) is 2. The smallest absolute Gasteiger partial charge is 0.166 e. The topological polar surface area (TPSA) is 24.1 Å². The van der Waals surface area contributed by atoms with Crippen LogP contribution in [0.1, 0.15) is 31.4 Å². The van der Waals surface area contributed by atoms with Gasteiger partial charge in [0.2, 0.25) is 0 Å². The number of benzene rings is 1. The molecule has 0 bridgehead atoms. The third-order valence-electron chi connectivity index (χ3n) is 2.70. The van der Waals surface area contributed by atoms with E-state index >= 15 is 0 Å². The lowest BCUT2D eigenvalue weighted by atomic mass is 10.1. The summed E-state index contributed by atoms with van der Waals surface area (Å²) in [5, 5.41) is 6.74. The molecule has 92 valence electrons. The normalized spacial score (nSPS) is 16.4. The van der Waals surface area contributed by atoms with Gasteiger partial charge in [-0.3, -0.25) is 0 Å². The van der Waals surface area contributed by atoms with Crippen LogP contribution in [0.3, 0.4) is 0 Å². The van der Waals surface area contributed by atoms with Crippen LogP contribution in [-0.4, -0.2) is 11.2 Å². The van der Waals surface area contributed by atoms with Crippen LogP contribution in [0.4, 0.5) is 8.78 Å². The summed E-state index contributed by atoms with van der Waals surface area (Å²) in [6, 6.07) is 4.19. The summed E-state index contributed by atoms with van der Waals surface area (Å²) in [4.78, 5) is 0. The molecule has 1 aromatic rings. The molecule has 1 aliphatic carbocycles. The van der Waals surface area contributed by atoms with Crippen LogP contribution in [-0.2, 0) is 0 Å². The van der Waals surface area contributed by atoms with E-state index in [1.165, 1.54) is 6.07 Å². The molecule has 0 aliphatic heterocycles. The van der Waals surface area contributed by atoms with Crippen molar-refractivity contribution in [3.8, 4) is 0 Å². The van der Waals surface area contributed by atoms with Gasteiger partial charge in [-0.1, -0.05) is 6.07 Å². The van der Waals surface area contributed by atoms with E-state index in [0.29, 0.717) is 16.7 Å². The lowest BCUT2D eigenvalue weighted by Crippen LogP contribution is -2.37. The van der Waals surface area contributed by atoms with Crippen LogP contribution in [0.25, 0.3) is 0 Å². The van der Waals surface area contributed by atoms with Crippen molar-refractivity contribution in [3.05, 3.63) is 35.4 Å². The van der Waals surface area contributed by atoms with Gasteiger partial charge in [0, 0.05) is 6.04 Å². The van der Waals surface area contributed by atoms with Crippen molar-refractivity contribution in [3.63, 3.8) is 0 Å². The van der Waals surface area contributed by atoms with Crippen molar-refractivity contribution >= 4 is 17.3 Å². The summed E-state index contributed by atoms with van der Waals surface area (Å²) in [5.41, 5.74) is 0.670.